The molecule has 1 amide bonds. The highest BCUT2D eigenvalue weighted by molar-refractivity contribution is 5.75. The van der Waals surface area contributed by atoms with Crippen LogP contribution in [0.2, 0.25) is 0 Å². The molecule has 0 radical (unpaired) electrons. The third-order valence-electron chi connectivity index (χ3n) is 2.82. The van der Waals surface area contributed by atoms with Gasteiger partial charge in [-0.1, -0.05) is 20.3 Å². The topological polar surface area (TPSA) is 32.3 Å². The van der Waals surface area contributed by atoms with Crippen LogP contribution in [0.5, 0.6) is 0 Å². The zero-order valence-corrected chi connectivity index (χ0v) is 8.84. The molecule has 1 aliphatic rings. The van der Waals surface area contributed by atoms with Gasteiger partial charge in [-0.15, -0.1) is 0 Å². The van der Waals surface area contributed by atoms with Crippen LogP contribution in [0.4, 0.5) is 0 Å². The zero-order valence-electron chi connectivity index (χ0n) is 8.84. The van der Waals surface area contributed by atoms with Crippen molar-refractivity contribution in [2.24, 2.45) is 5.92 Å². The van der Waals surface area contributed by atoms with E-state index in [1.165, 1.54) is 0 Å². The van der Waals surface area contributed by atoms with Crippen LogP contribution in [-0.2, 0) is 4.79 Å². The van der Waals surface area contributed by atoms with Gasteiger partial charge in [0.1, 0.15) is 0 Å². The van der Waals surface area contributed by atoms with Crippen molar-refractivity contribution in [3.8, 4) is 0 Å². The molecule has 1 N–H and O–H groups in total. The predicted molar refractivity (Wildman–Crippen MR) is 53.5 cm³/mol. The number of carbonyl (C=O) groups excluding carboxylic acids is 1. The third-order valence-corrected chi connectivity index (χ3v) is 2.82. The first-order chi connectivity index (χ1) is 6.17. The van der Waals surface area contributed by atoms with E-state index in [0.717, 1.165) is 19.5 Å². The van der Waals surface area contributed by atoms with Crippen LogP contribution in [0.1, 0.15) is 26.7 Å². The Morgan fingerprint density at radius 1 is 1.46 bits per heavy atom. The smallest absolute Gasteiger partial charge is 0.219 e. The van der Waals surface area contributed by atoms with E-state index in [4.69, 9.17) is 0 Å². The molecule has 0 spiro atoms. The van der Waals surface area contributed by atoms with E-state index < -0.39 is 0 Å². The minimum Gasteiger partial charge on any atom is -0.352 e. The van der Waals surface area contributed by atoms with Gasteiger partial charge in [-0.3, -0.25) is 4.79 Å². The van der Waals surface area contributed by atoms with Crippen LogP contribution in [0.3, 0.4) is 0 Å². The van der Waals surface area contributed by atoms with E-state index in [1.54, 1.807) is 0 Å². The minimum atomic E-state index is 0.179. The van der Waals surface area contributed by atoms with Gasteiger partial charge < -0.3 is 10.2 Å². The number of nitrogens with one attached hydrogen (secondary N) is 1. The molecule has 3 nitrogen and oxygen atoms in total. The highest BCUT2D eigenvalue weighted by atomic mass is 16.1. The largest absolute Gasteiger partial charge is 0.352 e. The second-order valence-electron chi connectivity index (χ2n) is 3.92. The van der Waals surface area contributed by atoms with Crippen molar-refractivity contribution in [3.63, 3.8) is 0 Å². The molecule has 2 unspecified atom stereocenters. The Kier molecular flexibility index (Phi) is 3.72. The number of likely N-dealkylation sites (tertiary alicyclic amines) is 1. The quantitative estimate of drug-likeness (QED) is 0.705. The van der Waals surface area contributed by atoms with Gasteiger partial charge in [0.25, 0.3) is 0 Å². The second-order valence-corrected chi connectivity index (χ2v) is 3.92. The van der Waals surface area contributed by atoms with Gasteiger partial charge in [-0.25, -0.2) is 0 Å². The van der Waals surface area contributed by atoms with Crippen molar-refractivity contribution in [3.05, 3.63) is 0 Å². The highest BCUT2D eigenvalue weighted by Gasteiger charge is 2.29. The van der Waals surface area contributed by atoms with Crippen LogP contribution >= 0.6 is 0 Å². The van der Waals surface area contributed by atoms with E-state index in [1.807, 2.05) is 6.92 Å². The first-order valence-electron chi connectivity index (χ1n) is 5.15. The Bertz CT molecular complexity index is 182. The Morgan fingerprint density at radius 3 is 2.69 bits per heavy atom. The van der Waals surface area contributed by atoms with Gasteiger partial charge >= 0.3 is 0 Å². The number of rotatable bonds is 3. The summed E-state index contributed by atoms with van der Waals surface area (Å²) in [7, 11) is 2.11. The van der Waals surface area contributed by atoms with Crippen molar-refractivity contribution >= 4 is 5.91 Å². The molecule has 2 atom stereocenters. The maximum atomic E-state index is 11.2. The van der Waals surface area contributed by atoms with Crippen LogP contribution in [-0.4, -0.2) is 37.0 Å². The van der Waals surface area contributed by atoms with Gasteiger partial charge in [-0.2, -0.15) is 0 Å². The average Bonchev–Trinajstić information content (AvgIpc) is 2.46. The molecule has 0 aliphatic carbocycles. The van der Waals surface area contributed by atoms with Crippen molar-refractivity contribution in [2.75, 3.05) is 20.1 Å². The lowest BCUT2D eigenvalue weighted by molar-refractivity contribution is -0.121. The minimum absolute atomic E-state index is 0.179. The maximum absolute atomic E-state index is 11.2. The van der Waals surface area contributed by atoms with Crippen molar-refractivity contribution in [1.29, 1.82) is 0 Å². The molecule has 1 fully saturated rings. The first-order valence-corrected chi connectivity index (χ1v) is 5.15. The molecule has 1 heterocycles. The number of hydrogen-bond donors (Lipinski definition) is 1. The lowest BCUT2D eigenvalue weighted by Crippen LogP contribution is -2.39. The number of hydrogen-bond acceptors (Lipinski definition) is 2. The molecule has 0 saturated carbocycles. The average molecular weight is 184 g/mol. The lowest BCUT2D eigenvalue weighted by Gasteiger charge is -2.17. The van der Waals surface area contributed by atoms with Crippen LogP contribution in [0, 0.1) is 5.92 Å². The monoisotopic (exact) mass is 184 g/mol. The molecular formula is C10H20N2O. The zero-order chi connectivity index (χ0) is 9.84. The highest BCUT2D eigenvalue weighted by Crippen LogP contribution is 2.18. The fourth-order valence-electron chi connectivity index (χ4n) is 1.97. The number of amides is 1. The van der Waals surface area contributed by atoms with E-state index in [-0.39, 0.29) is 5.91 Å². The third kappa shape index (κ3) is 2.69. The molecule has 13 heavy (non-hydrogen) atoms. The molecule has 1 saturated heterocycles. The molecule has 0 aromatic heterocycles. The number of carbonyl (C=O) groups is 1. The fourth-order valence-corrected chi connectivity index (χ4v) is 1.97. The summed E-state index contributed by atoms with van der Waals surface area (Å²) >= 11 is 0. The maximum Gasteiger partial charge on any atom is 0.219 e. The molecule has 0 aromatic rings. The number of nitrogens with zero attached hydrogens (tertiary/aromatic N) is 1. The summed E-state index contributed by atoms with van der Waals surface area (Å²) in [6.07, 6.45) is 1.75. The molecule has 3 heteroatoms. The molecular weight excluding hydrogens is 164 g/mol. The van der Waals surface area contributed by atoms with Crippen molar-refractivity contribution < 1.29 is 4.79 Å². The predicted octanol–water partition coefficient (Wildman–Crippen LogP) is 0.853. The second kappa shape index (κ2) is 4.61. The van der Waals surface area contributed by atoms with Gasteiger partial charge in [0.2, 0.25) is 5.91 Å². The van der Waals surface area contributed by atoms with Crippen molar-refractivity contribution in [2.45, 2.75) is 32.7 Å². The summed E-state index contributed by atoms with van der Waals surface area (Å²) in [4.78, 5) is 13.5. The van der Waals surface area contributed by atoms with E-state index >= 15 is 0 Å². The van der Waals surface area contributed by atoms with Gasteiger partial charge in [-0.05, 0) is 13.0 Å². The molecule has 1 rings (SSSR count). The number of likely N-dealkylation sites (N-methyl/N-ethyl adjacent to an activating group) is 1. The summed E-state index contributed by atoms with van der Waals surface area (Å²) in [6.45, 7) is 6.21. The fraction of sp³-hybridized carbons (Fsp3) is 0.900. The van der Waals surface area contributed by atoms with E-state index in [2.05, 4.69) is 24.2 Å². The van der Waals surface area contributed by atoms with Gasteiger partial charge in [0.15, 0.2) is 0 Å². The molecule has 1 aliphatic heterocycles. The first kappa shape index (κ1) is 10.5. The summed E-state index contributed by atoms with van der Waals surface area (Å²) < 4.78 is 0. The lowest BCUT2D eigenvalue weighted by atomic mass is 10.0. The van der Waals surface area contributed by atoms with Gasteiger partial charge in [0, 0.05) is 25.6 Å². The summed E-state index contributed by atoms with van der Waals surface area (Å²) in [6, 6.07) is 0.377. The molecule has 0 aromatic carbocycles. The van der Waals surface area contributed by atoms with Gasteiger partial charge in [0.05, 0.1) is 0 Å². The summed E-state index contributed by atoms with van der Waals surface area (Å²) in [5, 5.41) is 3.08. The van der Waals surface area contributed by atoms with E-state index in [9.17, 15) is 4.79 Å². The molecule has 76 valence electrons. The Balaban J connectivity index is 2.43. The SMILES string of the molecule is CCC(=O)NC1CN(C)CC1CC. The Morgan fingerprint density at radius 2 is 2.15 bits per heavy atom. The molecule has 0 bridgehead atoms. The van der Waals surface area contributed by atoms with Crippen molar-refractivity contribution in [1.82, 2.24) is 10.2 Å². The normalized spacial score (nSPS) is 29.2. The Hall–Kier alpha value is -0.570. The van der Waals surface area contributed by atoms with Crippen LogP contribution < -0.4 is 5.32 Å². The van der Waals surface area contributed by atoms with Crippen LogP contribution in [0.25, 0.3) is 0 Å². The van der Waals surface area contributed by atoms with E-state index in [0.29, 0.717) is 18.4 Å². The summed E-state index contributed by atoms with van der Waals surface area (Å²) in [5.74, 6) is 0.819. The summed E-state index contributed by atoms with van der Waals surface area (Å²) in [5.41, 5.74) is 0. The standard InChI is InChI=1S/C10H20N2O/c1-4-8-6-12(3)7-9(8)11-10(13)5-2/h8-9H,4-7H2,1-3H3,(H,11,13). The Labute approximate surface area is 80.5 Å². The van der Waals surface area contributed by atoms with Crippen LogP contribution in [0.15, 0.2) is 0 Å².